The Labute approximate surface area is 108 Å². The minimum absolute atomic E-state index is 0.462. The van der Waals surface area contributed by atoms with Gasteiger partial charge < -0.3 is 5.73 Å². The summed E-state index contributed by atoms with van der Waals surface area (Å²) in [6, 6.07) is 8.41. The Kier molecular flexibility index (Phi) is 3.72. The Morgan fingerprint density at radius 1 is 1.00 bits per heavy atom. The van der Waals surface area contributed by atoms with Gasteiger partial charge in [0.2, 0.25) is 0 Å². The first-order valence-electron chi connectivity index (χ1n) is 6.18. The van der Waals surface area contributed by atoms with Gasteiger partial charge in [-0.05, 0) is 43.5 Å². The number of hydrogen-bond donors (Lipinski definition) is 1. The van der Waals surface area contributed by atoms with Gasteiger partial charge >= 0.3 is 0 Å². The van der Waals surface area contributed by atoms with Crippen LogP contribution < -0.4 is 5.73 Å². The molecule has 2 rings (SSSR count). The normalized spacial score (nSPS) is 10.7. The van der Waals surface area contributed by atoms with Crippen molar-refractivity contribution in [2.75, 3.05) is 0 Å². The van der Waals surface area contributed by atoms with E-state index < -0.39 is 0 Å². The summed E-state index contributed by atoms with van der Waals surface area (Å²) in [6.07, 6.45) is 0.760. The summed E-state index contributed by atoms with van der Waals surface area (Å²) in [5, 5.41) is 0. The summed E-state index contributed by atoms with van der Waals surface area (Å²) >= 11 is 0. The number of nitrogens with zero attached hydrogens (tertiary/aromatic N) is 2. The highest BCUT2D eigenvalue weighted by atomic mass is 14.9. The van der Waals surface area contributed by atoms with Crippen LogP contribution in [-0.4, -0.2) is 9.97 Å². The lowest BCUT2D eigenvalue weighted by Crippen LogP contribution is -2.06. The molecule has 1 aromatic carbocycles. The molecular weight excluding hydrogens is 222 g/mol. The second-order valence-electron chi connectivity index (χ2n) is 4.72. The van der Waals surface area contributed by atoms with E-state index in [9.17, 15) is 0 Å². The molecule has 94 valence electrons. The average Bonchev–Trinajstić information content (AvgIpc) is 2.33. The Morgan fingerprint density at radius 3 is 2.44 bits per heavy atom. The molecule has 2 N–H and O–H groups in total. The fraction of sp³-hybridized carbons (Fsp3) is 0.333. The van der Waals surface area contributed by atoms with Gasteiger partial charge in [0.1, 0.15) is 5.82 Å². The molecule has 0 saturated carbocycles. The van der Waals surface area contributed by atoms with Crippen molar-refractivity contribution in [2.45, 2.75) is 33.7 Å². The summed E-state index contributed by atoms with van der Waals surface area (Å²) in [7, 11) is 0. The molecule has 0 aliphatic rings. The second kappa shape index (κ2) is 5.27. The molecule has 0 aliphatic carbocycles. The molecule has 0 aliphatic heterocycles. The number of hydrogen-bond acceptors (Lipinski definition) is 3. The van der Waals surface area contributed by atoms with Gasteiger partial charge in [0.05, 0.1) is 5.69 Å². The zero-order valence-corrected chi connectivity index (χ0v) is 11.2. The number of nitrogens with two attached hydrogens (primary N) is 1. The van der Waals surface area contributed by atoms with Crippen LogP contribution in [0.2, 0.25) is 0 Å². The van der Waals surface area contributed by atoms with Gasteiger partial charge in [-0.1, -0.05) is 18.2 Å². The maximum Gasteiger partial charge on any atom is 0.133 e. The molecule has 0 unspecified atom stereocenters. The average molecular weight is 241 g/mol. The quantitative estimate of drug-likeness (QED) is 0.898. The van der Waals surface area contributed by atoms with Crippen molar-refractivity contribution in [1.29, 1.82) is 0 Å². The van der Waals surface area contributed by atoms with Crippen molar-refractivity contribution in [3.8, 4) is 0 Å². The number of aromatic nitrogens is 2. The molecule has 0 saturated heterocycles. The molecule has 0 bridgehead atoms. The maximum atomic E-state index is 5.63. The lowest BCUT2D eigenvalue weighted by molar-refractivity contribution is 0.873. The zero-order chi connectivity index (χ0) is 13.1. The van der Waals surface area contributed by atoms with Crippen molar-refractivity contribution >= 4 is 0 Å². The maximum absolute atomic E-state index is 5.63. The fourth-order valence-electron chi connectivity index (χ4n) is 1.98. The Balaban J connectivity index is 2.27. The van der Waals surface area contributed by atoms with E-state index in [1.165, 1.54) is 16.7 Å². The van der Waals surface area contributed by atoms with E-state index in [-0.39, 0.29) is 0 Å². The first-order valence-corrected chi connectivity index (χ1v) is 6.18. The first kappa shape index (κ1) is 12.7. The van der Waals surface area contributed by atoms with Gasteiger partial charge in [-0.3, -0.25) is 0 Å². The van der Waals surface area contributed by atoms with Gasteiger partial charge in [0.15, 0.2) is 0 Å². The second-order valence-corrected chi connectivity index (χ2v) is 4.72. The van der Waals surface area contributed by atoms with Crippen LogP contribution in [0.1, 0.15) is 33.9 Å². The van der Waals surface area contributed by atoms with E-state index in [0.29, 0.717) is 6.54 Å². The van der Waals surface area contributed by atoms with Crippen molar-refractivity contribution in [3.63, 3.8) is 0 Å². The highest BCUT2D eigenvalue weighted by molar-refractivity contribution is 5.31. The third-order valence-corrected chi connectivity index (χ3v) is 3.10. The fourth-order valence-corrected chi connectivity index (χ4v) is 1.98. The van der Waals surface area contributed by atoms with Crippen LogP contribution in [0.4, 0.5) is 0 Å². The molecule has 2 aromatic rings. The Hall–Kier alpha value is -1.74. The lowest BCUT2D eigenvalue weighted by atomic mass is 10.0. The van der Waals surface area contributed by atoms with E-state index in [1.54, 1.807) is 0 Å². The molecule has 0 spiro atoms. The van der Waals surface area contributed by atoms with Crippen molar-refractivity contribution in [1.82, 2.24) is 9.97 Å². The molecule has 18 heavy (non-hydrogen) atoms. The van der Waals surface area contributed by atoms with Gasteiger partial charge in [-0.2, -0.15) is 0 Å². The Morgan fingerprint density at radius 2 is 1.78 bits per heavy atom. The third-order valence-electron chi connectivity index (χ3n) is 3.10. The smallest absolute Gasteiger partial charge is 0.133 e. The van der Waals surface area contributed by atoms with Crippen LogP contribution in [0.3, 0.4) is 0 Å². The van der Waals surface area contributed by atoms with Gasteiger partial charge in [0, 0.05) is 18.7 Å². The van der Waals surface area contributed by atoms with Crippen LogP contribution >= 0.6 is 0 Å². The van der Waals surface area contributed by atoms with Crippen LogP contribution in [0.15, 0.2) is 24.3 Å². The third kappa shape index (κ3) is 2.93. The standard InChI is InChI=1S/C15H19N3/c1-10-4-5-13(6-11(10)2)8-15-17-12(3)7-14(9-16)18-15/h4-7H,8-9,16H2,1-3H3. The molecule has 0 atom stereocenters. The SMILES string of the molecule is Cc1cc(CN)nc(Cc2ccc(C)c(C)c2)n1. The summed E-state index contributed by atoms with van der Waals surface area (Å²) in [4.78, 5) is 8.93. The van der Waals surface area contributed by atoms with E-state index in [1.807, 2.05) is 13.0 Å². The van der Waals surface area contributed by atoms with Gasteiger partial charge in [-0.15, -0.1) is 0 Å². The summed E-state index contributed by atoms with van der Waals surface area (Å²) in [6.45, 7) is 6.68. The summed E-state index contributed by atoms with van der Waals surface area (Å²) in [5.74, 6) is 0.846. The highest BCUT2D eigenvalue weighted by Gasteiger charge is 2.04. The number of rotatable bonds is 3. The highest BCUT2D eigenvalue weighted by Crippen LogP contribution is 2.13. The monoisotopic (exact) mass is 241 g/mol. The van der Waals surface area contributed by atoms with Crippen LogP contribution in [-0.2, 0) is 13.0 Å². The van der Waals surface area contributed by atoms with E-state index in [2.05, 4.69) is 42.0 Å². The predicted octanol–water partition coefficient (Wildman–Crippen LogP) is 2.45. The minimum Gasteiger partial charge on any atom is -0.325 e. The minimum atomic E-state index is 0.462. The van der Waals surface area contributed by atoms with Crippen molar-refractivity contribution < 1.29 is 0 Å². The van der Waals surface area contributed by atoms with Crippen molar-refractivity contribution in [2.24, 2.45) is 5.73 Å². The molecule has 3 nitrogen and oxygen atoms in total. The predicted molar refractivity (Wildman–Crippen MR) is 73.4 cm³/mol. The number of aryl methyl sites for hydroxylation is 3. The first-order chi connectivity index (χ1) is 8.58. The summed E-state index contributed by atoms with van der Waals surface area (Å²) in [5.41, 5.74) is 11.4. The zero-order valence-electron chi connectivity index (χ0n) is 11.2. The van der Waals surface area contributed by atoms with E-state index in [0.717, 1.165) is 23.6 Å². The molecule has 0 amide bonds. The number of benzene rings is 1. The van der Waals surface area contributed by atoms with Gasteiger partial charge in [-0.25, -0.2) is 9.97 Å². The van der Waals surface area contributed by atoms with E-state index >= 15 is 0 Å². The lowest BCUT2D eigenvalue weighted by Gasteiger charge is -2.07. The molecular formula is C15H19N3. The van der Waals surface area contributed by atoms with Crippen LogP contribution in [0.5, 0.6) is 0 Å². The van der Waals surface area contributed by atoms with Crippen LogP contribution in [0.25, 0.3) is 0 Å². The molecule has 1 heterocycles. The summed E-state index contributed by atoms with van der Waals surface area (Å²) < 4.78 is 0. The van der Waals surface area contributed by atoms with Gasteiger partial charge in [0.25, 0.3) is 0 Å². The largest absolute Gasteiger partial charge is 0.325 e. The topological polar surface area (TPSA) is 51.8 Å². The molecule has 1 aromatic heterocycles. The molecule has 3 heteroatoms. The molecule has 0 fully saturated rings. The van der Waals surface area contributed by atoms with Crippen LogP contribution in [0, 0.1) is 20.8 Å². The Bertz CT molecular complexity index is 562. The molecule has 0 radical (unpaired) electrons. The van der Waals surface area contributed by atoms with Crippen molar-refractivity contribution in [3.05, 3.63) is 58.2 Å². The van der Waals surface area contributed by atoms with E-state index in [4.69, 9.17) is 5.73 Å².